The first-order chi connectivity index (χ1) is 13.5. The SMILES string of the molecule is Cc1ccc(Cc2c(C)nc3c(C(=O)NCC4CCCO4)cnn3c2C)cc1. The fourth-order valence-corrected chi connectivity index (χ4v) is 3.74. The third-order valence-electron chi connectivity index (χ3n) is 5.47. The number of aromatic nitrogens is 3. The molecule has 1 aromatic carbocycles. The van der Waals surface area contributed by atoms with Gasteiger partial charge in [0.1, 0.15) is 5.56 Å². The number of carbonyl (C=O) groups is 1. The monoisotopic (exact) mass is 378 g/mol. The third kappa shape index (κ3) is 3.64. The molecule has 1 unspecified atom stereocenters. The van der Waals surface area contributed by atoms with Gasteiger partial charge in [-0.25, -0.2) is 9.50 Å². The number of fused-ring (bicyclic) bond motifs is 1. The van der Waals surface area contributed by atoms with E-state index in [9.17, 15) is 4.79 Å². The van der Waals surface area contributed by atoms with Gasteiger partial charge in [-0.05, 0) is 44.7 Å². The number of rotatable bonds is 5. The highest BCUT2D eigenvalue weighted by Crippen LogP contribution is 2.21. The molecule has 3 heterocycles. The Morgan fingerprint density at radius 1 is 1.25 bits per heavy atom. The third-order valence-corrected chi connectivity index (χ3v) is 5.47. The number of carbonyl (C=O) groups excluding carboxylic acids is 1. The molecule has 0 spiro atoms. The van der Waals surface area contributed by atoms with E-state index in [0.717, 1.165) is 42.8 Å². The van der Waals surface area contributed by atoms with Gasteiger partial charge in [0.05, 0.1) is 12.3 Å². The average molecular weight is 378 g/mol. The summed E-state index contributed by atoms with van der Waals surface area (Å²) in [5.41, 5.74) is 6.68. The summed E-state index contributed by atoms with van der Waals surface area (Å²) in [5, 5.41) is 7.40. The Morgan fingerprint density at radius 3 is 2.75 bits per heavy atom. The molecule has 3 aromatic rings. The zero-order valence-electron chi connectivity index (χ0n) is 16.7. The van der Waals surface area contributed by atoms with Crippen LogP contribution in [0.25, 0.3) is 5.65 Å². The molecule has 6 heteroatoms. The molecule has 28 heavy (non-hydrogen) atoms. The van der Waals surface area contributed by atoms with E-state index >= 15 is 0 Å². The Kier molecular flexibility index (Phi) is 5.13. The van der Waals surface area contributed by atoms with Crippen molar-refractivity contribution in [3.63, 3.8) is 0 Å². The van der Waals surface area contributed by atoms with Gasteiger partial charge < -0.3 is 10.1 Å². The number of nitrogens with one attached hydrogen (secondary N) is 1. The lowest BCUT2D eigenvalue weighted by atomic mass is 10.0. The molecule has 1 aliphatic heterocycles. The molecule has 1 amide bonds. The topological polar surface area (TPSA) is 68.5 Å². The molecule has 1 N–H and O–H groups in total. The van der Waals surface area contributed by atoms with Gasteiger partial charge in [-0.2, -0.15) is 5.10 Å². The van der Waals surface area contributed by atoms with Crippen molar-refractivity contribution in [1.29, 1.82) is 0 Å². The molecule has 1 aliphatic rings. The van der Waals surface area contributed by atoms with Crippen molar-refractivity contribution in [2.45, 2.75) is 46.1 Å². The van der Waals surface area contributed by atoms with Gasteiger partial charge in [0, 0.05) is 31.0 Å². The summed E-state index contributed by atoms with van der Waals surface area (Å²) in [5.74, 6) is -0.150. The quantitative estimate of drug-likeness (QED) is 0.740. The van der Waals surface area contributed by atoms with E-state index in [2.05, 4.69) is 41.6 Å². The highest BCUT2D eigenvalue weighted by atomic mass is 16.5. The van der Waals surface area contributed by atoms with E-state index in [1.165, 1.54) is 11.1 Å². The second-order valence-electron chi connectivity index (χ2n) is 7.56. The minimum Gasteiger partial charge on any atom is -0.376 e. The minimum atomic E-state index is -0.150. The zero-order chi connectivity index (χ0) is 19.7. The molecular formula is C22H26N4O2. The summed E-state index contributed by atoms with van der Waals surface area (Å²) in [6.45, 7) is 7.42. The number of amides is 1. The molecule has 1 atom stereocenters. The Balaban J connectivity index is 1.59. The van der Waals surface area contributed by atoms with Crippen molar-refractivity contribution in [3.8, 4) is 0 Å². The first kappa shape index (κ1) is 18.6. The van der Waals surface area contributed by atoms with Crippen LogP contribution in [0.1, 0.15) is 51.3 Å². The number of hydrogen-bond donors (Lipinski definition) is 1. The molecule has 0 aliphatic carbocycles. The molecular weight excluding hydrogens is 352 g/mol. The summed E-state index contributed by atoms with van der Waals surface area (Å²) < 4.78 is 7.35. The summed E-state index contributed by atoms with van der Waals surface area (Å²) >= 11 is 0. The minimum absolute atomic E-state index is 0.114. The number of hydrogen-bond acceptors (Lipinski definition) is 4. The highest BCUT2D eigenvalue weighted by Gasteiger charge is 2.21. The standard InChI is InChI=1S/C22H26N4O2/c1-14-6-8-17(9-7-14)11-19-15(2)25-21-20(13-24-26(21)16(19)3)22(27)23-12-18-5-4-10-28-18/h6-9,13,18H,4-5,10-12H2,1-3H3,(H,23,27). The van der Waals surface area contributed by atoms with Crippen LogP contribution < -0.4 is 5.32 Å². The predicted octanol–water partition coefficient (Wildman–Crippen LogP) is 3.15. The van der Waals surface area contributed by atoms with Gasteiger partial charge in [0.15, 0.2) is 5.65 Å². The largest absolute Gasteiger partial charge is 0.376 e. The van der Waals surface area contributed by atoms with Gasteiger partial charge in [-0.1, -0.05) is 29.8 Å². The van der Waals surface area contributed by atoms with E-state index in [0.29, 0.717) is 17.8 Å². The van der Waals surface area contributed by atoms with Gasteiger partial charge >= 0.3 is 0 Å². The maximum absolute atomic E-state index is 12.6. The van der Waals surface area contributed by atoms with Crippen LogP contribution in [0.15, 0.2) is 30.5 Å². The molecule has 1 fully saturated rings. The van der Waals surface area contributed by atoms with E-state index in [-0.39, 0.29) is 12.0 Å². The van der Waals surface area contributed by atoms with Gasteiger partial charge in [-0.3, -0.25) is 4.79 Å². The maximum Gasteiger partial charge on any atom is 0.256 e. The van der Waals surface area contributed by atoms with E-state index in [1.54, 1.807) is 10.7 Å². The lowest BCUT2D eigenvalue weighted by Crippen LogP contribution is -2.31. The van der Waals surface area contributed by atoms with Crippen LogP contribution in [-0.2, 0) is 11.2 Å². The first-order valence-electron chi connectivity index (χ1n) is 9.82. The molecule has 0 saturated carbocycles. The normalized spacial score (nSPS) is 16.6. The molecule has 4 rings (SSSR count). The van der Waals surface area contributed by atoms with Gasteiger partial charge in [-0.15, -0.1) is 0 Å². The fraction of sp³-hybridized carbons (Fsp3) is 0.409. The number of nitrogens with zero attached hydrogens (tertiary/aromatic N) is 3. The Hall–Kier alpha value is -2.73. The molecule has 0 radical (unpaired) electrons. The molecule has 6 nitrogen and oxygen atoms in total. The van der Waals surface area contributed by atoms with Crippen LogP contribution in [0.3, 0.4) is 0 Å². The summed E-state index contributed by atoms with van der Waals surface area (Å²) in [6, 6.07) is 8.53. The molecule has 146 valence electrons. The van der Waals surface area contributed by atoms with Crippen LogP contribution in [0.5, 0.6) is 0 Å². The van der Waals surface area contributed by atoms with Crippen LogP contribution in [-0.4, -0.2) is 39.8 Å². The average Bonchev–Trinajstić information content (AvgIpc) is 3.34. The van der Waals surface area contributed by atoms with Crippen molar-refractivity contribution >= 4 is 11.6 Å². The van der Waals surface area contributed by atoms with E-state index in [4.69, 9.17) is 9.72 Å². The number of aryl methyl sites for hydroxylation is 3. The number of ether oxygens (including phenoxy) is 1. The fourth-order valence-electron chi connectivity index (χ4n) is 3.74. The number of benzene rings is 1. The van der Waals surface area contributed by atoms with Crippen molar-refractivity contribution in [2.75, 3.05) is 13.2 Å². The van der Waals surface area contributed by atoms with Crippen molar-refractivity contribution in [1.82, 2.24) is 19.9 Å². The second kappa shape index (κ2) is 7.72. The Labute approximate surface area is 164 Å². The predicted molar refractivity (Wildman–Crippen MR) is 108 cm³/mol. The lowest BCUT2D eigenvalue weighted by molar-refractivity contribution is 0.0859. The van der Waals surface area contributed by atoms with Crippen molar-refractivity contribution in [3.05, 3.63) is 64.1 Å². The summed E-state index contributed by atoms with van der Waals surface area (Å²) in [4.78, 5) is 17.4. The van der Waals surface area contributed by atoms with Crippen LogP contribution in [0, 0.1) is 20.8 Å². The molecule has 2 aromatic heterocycles. The van der Waals surface area contributed by atoms with Crippen LogP contribution >= 0.6 is 0 Å². The molecule has 0 bridgehead atoms. The first-order valence-corrected chi connectivity index (χ1v) is 9.82. The molecule has 1 saturated heterocycles. The van der Waals surface area contributed by atoms with Gasteiger partial charge in [0.2, 0.25) is 0 Å². The summed E-state index contributed by atoms with van der Waals surface area (Å²) in [7, 11) is 0. The van der Waals surface area contributed by atoms with Gasteiger partial charge in [0.25, 0.3) is 5.91 Å². The van der Waals surface area contributed by atoms with Crippen molar-refractivity contribution in [2.24, 2.45) is 0 Å². The Bertz CT molecular complexity index is 1000. The Morgan fingerprint density at radius 2 is 2.04 bits per heavy atom. The highest BCUT2D eigenvalue weighted by molar-refractivity contribution is 5.99. The van der Waals surface area contributed by atoms with Crippen molar-refractivity contribution < 1.29 is 9.53 Å². The smallest absolute Gasteiger partial charge is 0.256 e. The summed E-state index contributed by atoms with van der Waals surface area (Å²) in [6.07, 6.45) is 4.56. The maximum atomic E-state index is 12.6. The van der Waals surface area contributed by atoms with E-state index < -0.39 is 0 Å². The van der Waals surface area contributed by atoms with Crippen LogP contribution in [0.4, 0.5) is 0 Å². The lowest BCUT2D eigenvalue weighted by Gasteiger charge is -2.13. The van der Waals surface area contributed by atoms with E-state index in [1.807, 2.05) is 13.8 Å². The van der Waals surface area contributed by atoms with Crippen LogP contribution in [0.2, 0.25) is 0 Å². The zero-order valence-corrected chi connectivity index (χ0v) is 16.7. The second-order valence-corrected chi connectivity index (χ2v) is 7.56.